The van der Waals surface area contributed by atoms with Gasteiger partial charge in [0.2, 0.25) is 5.76 Å². The molecule has 26 heavy (non-hydrogen) atoms. The van der Waals surface area contributed by atoms with Crippen molar-refractivity contribution in [3.05, 3.63) is 41.4 Å². The molecule has 1 saturated carbocycles. The highest BCUT2D eigenvalue weighted by Crippen LogP contribution is 2.48. The number of rotatable bonds is 7. The van der Waals surface area contributed by atoms with Gasteiger partial charge in [0, 0.05) is 11.3 Å². The van der Waals surface area contributed by atoms with Crippen molar-refractivity contribution in [1.29, 1.82) is 0 Å². The molecular formula is C19H20FNO5. The van der Waals surface area contributed by atoms with Crippen molar-refractivity contribution in [2.45, 2.75) is 32.2 Å². The molecule has 2 atom stereocenters. The maximum atomic E-state index is 13.2. The van der Waals surface area contributed by atoms with Gasteiger partial charge in [0.05, 0.1) is 13.7 Å². The number of carbonyl (C=O) groups excluding carboxylic acids is 3. The summed E-state index contributed by atoms with van der Waals surface area (Å²) >= 11 is 0. The number of halogens is 1. The third-order valence-electron chi connectivity index (χ3n) is 4.53. The van der Waals surface area contributed by atoms with Gasteiger partial charge >= 0.3 is 5.97 Å². The van der Waals surface area contributed by atoms with E-state index < -0.39 is 23.2 Å². The van der Waals surface area contributed by atoms with Gasteiger partial charge in [0.15, 0.2) is 5.94 Å². The summed E-state index contributed by atoms with van der Waals surface area (Å²) in [5, 5.41) is 3.00. The van der Waals surface area contributed by atoms with Crippen LogP contribution in [0.2, 0.25) is 0 Å². The Hall–Kier alpha value is -2.88. The minimum Gasteiger partial charge on any atom is -0.488 e. The van der Waals surface area contributed by atoms with Crippen LogP contribution in [0.4, 0.5) is 10.1 Å². The highest BCUT2D eigenvalue weighted by atomic mass is 19.1. The number of benzene rings is 1. The van der Waals surface area contributed by atoms with Crippen molar-refractivity contribution >= 4 is 23.5 Å². The zero-order valence-electron chi connectivity index (χ0n) is 14.6. The number of carbonyl (C=O) groups is 1. The molecule has 0 aliphatic heterocycles. The lowest BCUT2D eigenvalue weighted by Crippen LogP contribution is -2.48. The van der Waals surface area contributed by atoms with Crippen LogP contribution < -0.4 is 5.32 Å². The lowest BCUT2D eigenvalue weighted by atomic mass is 9.74. The molecule has 1 aromatic carbocycles. The second-order valence-electron chi connectivity index (χ2n) is 5.88. The fourth-order valence-corrected chi connectivity index (χ4v) is 3.33. The van der Waals surface area contributed by atoms with Crippen molar-refractivity contribution in [2.75, 3.05) is 19.0 Å². The second kappa shape index (κ2) is 8.48. The zero-order valence-corrected chi connectivity index (χ0v) is 14.6. The Kier molecular flexibility index (Phi) is 6.34. The molecular weight excluding hydrogens is 341 g/mol. The van der Waals surface area contributed by atoms with E-state index in [2.05, 4.69) is 5.32 Å². The van der Waals surface area contributed by atoms with E-state index in [1.165, 1.54) is 31.4 Å². The highest BCUT2D eigenvalue weighted by molar-refractivity contribution is 5.87. The van der Waals surface area contributed by atoms with E-state index in [1.807, 2.05) is 5.94 Å². The van der Waals surface area contributed by atoms with Gasteiger partial charge in [-0.05, 0) is 50.5 Å². The molecule has 1 aromatic rings. The molecule has 7 heteroatoms. The molecule has 0 aromatic heterocycles. The van der Waals surface area contributed by atoms with Crippen molar-refractivity contribution in [2.24, 2.45) is 5.41 Å². The second-order valence-corrected chi connectivity index (χ2v) is 5.88. The van der Waals surface area contributed by atoms with E-state index in [0.717, 1.165) is 0 Å². The predicted octanol–water partition coefficient (Wildman–Crippen LogP) is 2.46. The molecule has 0 bridgehead atoms. The molecule has 2 rings (SSSR count). The van der Waals surface area contributed by atoms with E-state index in [1.54, 1.807) is 12.9 Å². The molecule has 0 saturated heterocycles. The summed E-state index contributed by atoms with van der Waals surface area (Å²) in [7, 11) is 1.28. The van der Waals surface area contributed by atoms with Crippen LogP contribution in [0.15, 0.2) is 35.6 Å². The molecule has 0 radical (unpaired) electrons. The van der Waals surface area contributed by atoms with Gasteiger partial charge in [-0.15, -0.1) is 0 Å². The molecule has 0 spiro atoms. The molecule has 0 heterocycles. The van der Waals surface area contributed by atoms with E-state index in [9.17, 15) is 18.8 Å². The van der Waals surface area contributed by atoms with Gasteiger partial charge in [-0.1, -0.05) is 0 Å². The average molecular weight is 361 g/mol. The van der Waals surface area contributed by atoms with Crippen molar-refractivity contribution < 1.29 is 28.2 Å². The molecule has 1 fully saturated rings. The van der Waals surface area contributed by atoms with E-state index in [0.29, 0.717) is 18.5 Å². The number of ether oxygens (including phenoxy) is 2. The normalized spacial score (nSPS) is 19.9. The summed E-state index contributed by atoms with van der Waals surface area (Å²) in [6, 6.07) is 4.35. The van der Waals surface area contributed by atoms with Crippen LogP contribution in [0.3, 0.4) is 0 Å². The summed E-state index contributed by atoms with van der Waals surface area (Å²) < 4.78 is 23.5. The lowest BCUT2D eigenvalue weighted by molar-refractivity contribution is -0.153. The minimum absolute atomic E-state index is 0.114. The summed E-state index contributed by atoms with van der Waals surface area (Å²) in [5.74, 6) is 2.27. The Morgan fingerprint density at radius 3 is 2.58 bits per heavy atom. The van der Waals surface area contributed by atoms with Gasteiger partial charge in [-0.2, -0.15) is 0 Å². The first kappa shape index (κ1) is 19.4. The Bertz CT molecular complexity index is 763. The van der Waals surface area contributed by atoms with Crippen molar-refractivity contribution in [3.63, 3.8) is 0 Å². The van der Waals surface area contributed by atoms with Gasteiger partial charge in [-0.3, -0.25) is 4.79 Å². The fourth-order valence-electron chi connectivity index (χ4n) is 3.33. The van der Waals surface area contributed by atoms with E-state index >= 15 is 0 Å². The summed E-state index contributed by atoms with van der Waals surface area (Å²) in [6.45, 7) is 1.77. The van der Waals surface area contributed by atoms with Gasteiger partial charge < -0.3 is 14.8 Å². The first-order valence-corrected chi connectivity index (χ1v) is 8.26. The number of esters is 1. The van der Waals surface area contributed by atoms with Gasteiger partial charge in [0.25, 0.3) is 0 Å². The predicted molar refractivity (Wildman–Crippen MR) is 92.1 cm³/mol. The largest absolute Gasteiger partial charge is 0.488 e. The number of hydrogen-bond donors (Lipinski definition) is 1. The average Bonchev–Trinajstić information content (AvgIpc) is 3.08. The number of methoxy groups -OCH3 is 1. The van der Waals surface area contributed by atoms with E-state index in [4.69, 9.17) is 9.47 Å². The number of nitrogens with one attached hydrogen (secondary N) is 1. The molecule has 0 amide bonds. The van der Waals surface area contributed by atoms with Crippen LogP contribution in [0.5, 0.6) is 0 Å². The highest BCUT2D eigenvalue weighted by Gasteiger charge is 2.56. The monoisotopic (exact) mass is 361 g/mol. The number of anilines is 1. The Labute approximate surface area is 150 Å². The van der Waals surface area contributed by atoms with Crippen molar-refractivity contribution in [3.8, 4) is 0 Å². The van der Waals surface area contributed by atoms with Crippen LogP contribution in [0.1, 0.15) is 26.2 Å². The zero-order chi connectivity index (χ0) is 19.2. The van der Waals surface area contributed by atoms with Crippen LogP contribution in [-0.4, -0.2) is 37.6 Å². The SMILES string of the molecule is CCOC(=O)C1(C(Nc2ccc(F)cc2)C(=C=O)OC)CCCC1=C=O. The van der Waals surface area contributed by atoms with Crippen LogP contribution in [-0.2, 0) is 23.9 Å². The topological polar surface area (TPSA) is 81.7 Å². The molecule has 1 aliphatic rings. The number of hydrogen-bond acceptors (Lipinski definition) is 6. The van der Waals surface area contributed by atoms with E-state index in [-0.39, 0.29) is 24.4 Å². The third-order valence-corrected chi connectivity index (χ3v) is 4.53. The maximum absolute atomic E-state index is 13.2. The fraction of sp³-hybridized carbons (Fsp3) is 0.421. The first-order valence-electron chi connectivity index (χ1n) is 8.26. The summed E-state index contributed by atoms with van der Waals surface area (Å²) in [4.78, 5) is 35.8. The van der Waals surface area contributed by atoms with Crippen LogP contribution >= 0.6 is 0 Å². The Morgan fingerprint density at radius 1 is 1.35 bits per heavy atom. The first-order chi connectivity index (χ1) is 12.5. The Morgan fingerprint density at radius 2 is 2.04 bits per heavy atom. The summed E-state index contributed by atoms with van der Waals surface area (Å²) in [5.41, 5.74) is -0.781. The van der Waals surface area contributed by atoms with Gasteiger partial charge in [0.1, 0.15) is 23.2 Å². The standard InChI is InChI=1S/C19H20FNO5/c1-3-26-18(24)19(10-4-5-13(19)11-22)17(16(12-23)25-2)21-15-8-6-14(20)7-9-15/h6-9,17,21H,3-5,10H2,1-2H3. The van der Waals surface area contributed by atoms with Gasteiger partial charge in [-0.25, -0.2) is 14.0 Å². The Balaban J connectivity index is 2.58. The smallest absolute Gasteiger partial charge is 0.319 e. The molecule has 1 N–H and O–H groups in total. The third kappa shape index (κ3) is 3.54. The van der Waals surface area contributed by atoms with Crippen LogP contribution in [0, 0.1) is 11.2 Å². The maximum Gasteiger partial charge on any atom is 0.319 e. The molecule has 138 valence electrons. The quantitative estimate of drug-likeness (QED) is 0.456. The summed E-state index contributed by atoms with van der Waals surface area (Å²) in [6.07, 6.45) is 1.20. The lowest BCUT2D eigenvalue weighted by Gasteiger charge is -2.35. The van der Waals surface area contributed by atoms with Crippen LogP contribution in [0.25, 0.3) is 0 Å². The molecule has 6 nitrogen and oxygen atoms in total. The van der Waals surface area contributed by atoms with Crippen molar-refractivity contribution in [1.82, 2.24) is 0 Å². The minimum atomic E-state index is -1.44. The molecule has 2 unspecified atom stereocenters. The molecule has 1 aliphatic carbocycles.